The van der Waals surface area contributed by atoms with Crippen LogP contribution in [-0.2, 0) is 11.3 Å². The van der Waals surface area contributed by atoms with E-state index in [1.807, 2.05) is 31.4 Å². The molecule has 0 saturated heterocycles. The number of carbonyl (C=O) groups is 2. The molecule has 0 aliphatic heterocycles. The smallest absolute Gasteiger partial charge is 0.341 e. The molecule has 24 heavy (non-hydrogen) atoms. The number of rotatable bonds is 5. The molecule has 0 aliphatic rings. The lowest BCUT2D eigenvalue weighted by Gasteiger charge is -2.17. The zero-order valence-corrected chi connectivity index (χ0v) is 15.3. The number of methoxy groups -OCH3 is 1. The third-order valence-electron chi connectivity index (χ3n) is 3.79. The summed E-state index contributed by atoms with van der Waals surface area (Å²) < 4.78 is 10.3. The molecule has 0 aliphatic carbocycles. The van der Waals surface area contributed by atoms with Crippen LogP contribution in [0.15, 0.2) is 33.6 Å². The van der Waals surface area contributed by atoms with Crippen LogP contribution in [0, 0.1) is 13.8 Å². The van der Waals surface area contributed by atoms with Crippen LogP contribution in [0.3, 0.4) is 0 Å². The molecule has 2 aromatic rings. The Morgan fingerprint density at radius 1 is 1.21 bits per heavy atom. The van der Waals surface area contributed by atoms with Crippen molar-refractivity contribution in [3.8, 4) is 0 Å². The first-order valence-corrected chi connectivity index (χ1v) is 8.67. The highest BCUT2D eigenvalue weighted by Gasteiger charge is 2.19. The van der Waals surface area contributed by atoms with Gasteiger partial charge in [-0.2, -0.15) is 0 Å². The Kier molecular flexibility index (Phi) is 5.72. The van der Waals surface area contributed by atoms with Gasteiger partial charge in [-0.25, -0.2) is 4.79 Å². The van der Waals surface area contributed by atoms with Gasteiger partial charge >= 0.3 is 5.97 Å². The number of esters is 1. The predicted molar refractivity (Wildman–Crippen MR) is 93.5 cm³/mol. The van der Waals surface area contributed by atoms with Crippen molar-refractivity contribution < 1.29 is 18.7 Å². The Balaban J connectivity index is 2.19. The van der Waals surface area contributed by atoms with E-state index in [2.05, 4.69) is 0 Å². The molecule has 0 saturated carbocycles. The van der Waals surface area contributed by atoms with E-state index < -0.39 is 5.97 Å². The van der Waals surface area contributed by atoms with Crippen LogP contribution in [0.2, 0.25) is 0 Å². The summed E-state index contributed by atoms with van der Waals surface area (Å²) in [7, 11) is 3.04. The van der Waals surface area contributed by atoms with Crippen LogP contribution < -0.4 is 0 Å². The maximum Gasteiger partial charge on any atom is 0.341 e. The quantitative estimate of drug-likeness (QED) is 0.610. The Morgan fingerprint density at radius 3 is 2.54 bits per heavy atom. The minimum absolute atomic E-state index is 0.0860. The van der Waals surface area contributed by atoms with Crippen LogP contribution in [0.1, 0.15) is 37.8 Å². The summed E-state index contributed by atoms with van der Waals surface area (Å²) in [6.07, 6.45) is 1.97. The van der Waals surface area contributed by atoms with Gasteiger partial charge < -0.3 is 14.1 Å². The maximum atomic E-state index is 12.7. The highest BCUT2D eigenvalue weighted by atomic mass is 32.2. The van der Waals surface area contributed by atoms with Gasteiger partial charge in [-0.05, 0) is 43.9 Å². The normalized spacial score (nSPS) is 10.5. The Morgan fingerprint density at radius 2 is 1.92 bits per heavy atom. The molecule has 1 aromatic heterocycles. The van der Waals surface area contributed by atoms with Gasteiger partial charge in [0, 0.05) is 17.5 Å². The number of amides is 1. The fraction of sp³-hybridized carbons (Fsp3) is 0.333. The zero-order valence-electron chi connectivity index (χ0n) is 14.5. The molecule has 0 unspecified atom stereocenters. The molecule has 0 fully saturated rings. The van der Waals surface area contributed by atoms with Crippen LogP contribution in [0.5, 0.6) is 0 Å². The second kappa shape index (κ2) is 7.57. The number of hydrogen-bond acceptors (Lipinski definition) is 5. The molecule has 1 heterocycles. The molecular formula is C18H21NO4S. The number of nitrogens with zero attached hydrogens (tertiary/aromatic N) is 1. The number of furan rings is 1. The van der Waals surface area contributed by atoms with Gasteiger partial charge in [0.15, 0.2) is 0 Å². The monoisotopic (exact) mass is 347 g/mol. The number of thioether (sulfide) groups is 1. The van der Waals surface area contributed by atoms with E-state index in [4.69, 9.17) is 9.15 Å². The molecular weight excluding hydrogens is 326 g/mol. The Labute approximate surface area is 146 Å². The summed E-state index contributed by atoms with van der Waals surface area (Å²) in [5.41, 5.74) is 1.98. The first kappa shape index (κ1) is 18.1. The van der Waals surface area contributed by atoms with E-state index in [1.54, 1.807) is 36.7 Å². The molecule has 0 radical (unpaired) electrons. The minimum Gasteiger partial charge on any atom is -0.465 e. The third-order valence-corrected chi connectivity index (χ3v) is 4.51. The number of benzene rings is 1. The molecule has 0 bridgehead atoms. The largest absolute Gasteiger partial charge is 0.465 e. The number of carbonyl (C=O) groups excluding carboxylic acids is 2. The average Bonchev–Trinajstić information content (AvgIpc) is 2.94. The highest BCUT2D eigenvalue weighted by Crippen LogP contribution is 2.22. The van der Waals surface area contributed by atoms with Crippen molar-refractivity contribution in [3.63, 3.8) is 0 Å². The molecule has 1 aromatic carbocycles. The molecule has 0 atom stereocenters. The number of ether oxygens (including phenoxy) is 1. The second-order valence-electron chi connectivity index (χ2n) is 5.52. The summed E-state index contributed by atoms with van der Waals surface area (Å²) in [6, 6.07) is 7.46. The van der Waals surface area contributed by atoms with Gasteiger partial charge in [0.25, 0.3) is 5.91 Å². The number of aryl methyl sites for hydroxylation is 2. The average molecular weight is 347 g/mol. The van der Waals surface area contributed by atoms with Crippen molar-refractivity contribution in [2.75, 3.05) is 20.4 Å². The molecule has 0 N–H and O–H groups in total. The lowest BCUT2D eigenvalue weighted by molar-refractivity contribution is 0.0598. The molecule has 128 valence electrons. The van der Waals surface area contributed by atoms with Crippen molar-refractivity contribution in [3.05, 3.63) is 52.5 Å². The second-order valence-corrected chi connectivity index (χ2v) is 6.40. The van der Waals surface area contributed by atoms with Gasteiger partial charge in [-0.1, -0.05) is 6.07 Å². The molecule has 1 amide bonds. The van der Waals surface area contributed by atoms with Gasteiger partial charge in [0.1, 0.15) is 17.1 Å². The molecule has 6 heteroatoms. The predicted octanol–water partition coefficient (Wildman–Crippen LogP) is 3.68. The summed E-state index contributed by atoms with van der Waals surface area (Å²) in [6.45, 7) is 3.89. The highest BCUT2D eigenvalue weighted by molar-refractivity contribution is 7.98. The van der Waals surface area contributed by atoms with E-state index in [1.165, 1.54) is 7.11 Å². The SMILES string of the molecule is COC(=O)c1cc(CN(C)C(=O)c2cc(SC)ccc2C)oc1C. The first-order valence-electron chi connectivity index (χ1n) is 7.45. The molecule has 2 rings (SSSR count). The van der Waals surface area contributed by atoms with Crippen LogP contribution >= 0.6 is 11.8 Å². The summed E-state index contributed by atoms with van der Waals surface area (Å²) in [5.74, 6) is 0.498. The van der Waals surface area contributed by atoms with Gasteiger partial charge in [0.2, 0.25) is 0 Å². The van der Waals surface area contributed by atoms with E-state index in [0.717, 1.165) is 10.5 Å². The molecule has 5 nitrogen and oxygen atoms in total. The minimum atomic E-state index is -0.444. The first-order chi connectivity index (χ1) is 11.4. The Hall–Kier alpha value is -2.21. The number of hydrogen-bond donors (Lipinski definition) is 0. The Bertz CT molecular complexity index is 766. The standard InChI is InChI=1S/C18H21NO4S/c1-11-6-7-14(24-5)9-15(11)17(20)19(3)10-13-8-16(12(2)23-13)18(21)22-4/h6-9H,10H2,1-5H3. The lowest BCUT2D eigenvalue weighted by atomic mass is 10.1. The van der Waals surface area contributed by atoms with Crippen LogP contribution in [0.25, 0.3) is 0 Å². The van der Waals surface area contributed by atoms with Crippen molar-refractivity contribution in [1.29, 1.82) is 0 Å². The van der Waals surface area contributed by atoms with Gasteiger partial charge in [0.05, 0.1) is 13.7 Å². The van der Waals surface area contributed by atoms with Crippen molar-refractivity contribution in [2.45, 2.75) is 25.3 Å². The zero-order chi connectivity index (χ0) is 17.9. The third kappa shape index (κ3) is 3.82. The van der Waals surface area contributed by atoms with Gasteiger partial charge in [-0.3, -0.25) is 4.79 Å². The van der Waals surface area contributed by atoms with E-state index >= 15 is 0 Å². The van der Waals surface area contributed by atoms with Crippen LogP contribution in [-0.4, -0.2) is 37.2 Å². The maximum absolute atomic E-state index is 12.7. The van der Waals surface area contributed by atoms with E-state index in [-0.39, 0.29) is 12.5 Å². The fourth-order valence-corrected chi connectivity index (χ4v) is 2.84. The van der Waals surface area contributed by atoms with E-state index in [0.29, 0.717) is 22.6 Å². The molecule has 0 spiro atoms. The lowest BCUT2D eigenvalue weighted by Crippen LogP contribution is -2.26. The summed E-state index contributed by atoms with van der Waals surface area (Å²) in [5, 5.41) is 0. The van der Waals surface area contributed by atoms with Gasteiger partial charge in [-0.15, -0.1) is 11.8 Å². The topological polar surface area (TPSA) is 59.8 Å². The van der Waals surface area contributed by atoms with Crippen molar-refractivity contribution >= 4 is 23.6 Å². The van der Waals surface area contributed by atoms with Crippen molar-refractivity contribution in [1.82, 2.24) is 4.90 Å². The van der Waals surface area contributed by atoms with Crippen molar-refractivity contribution in [2.24, 2.45) is 0 Å². The fourth-order valence-electron chi connectivity index (χ4n) is 2.40. The summed E-state index contributed by atoms with van der Waals surface area (Å²) in [4.78, 5) is 27.0. The van der Waals surface area contributed by atoms with E-state index in [9.17, 15) is 9.59 Å². The van der Waals surface area contributed by atoms with Crippen LogP contribution in [0.4, 0.5) is 0 Å². The summed E-state index contributed by atoms with van der Waals surface area (Å²) >= 11 is 1.60.